The Balaban J connectivity index is 1.71. The molecule has 0 saturated carbocycles. The minimum atomic E-state index is -3.61. The van der Waals surface area contributed by atoms with E-state index in [4.69, 9.17) is 11.6 Å². The van der Waals surface area contributed by atoms with Gasteiger partial charge >= 0.3 is 0 Å². The lowest BCUT2D eigenvalue weighted by atomic mass is 10.2. The van der Waals surface area contributed by atoms with E-state index in [-0.39, 0.29) is 10.9 Å². The molecule has 3 aromatic rings. The van der Waals surface area contributed by atoms with Crippen LogP contribution in [0, 0.1) is 0 Å². The van der Waals surface area contributed by atoms with E-state index in [2.05, 4.69) is 20.6 Å². The first-order valence-corrected chi connectivity index (χ1v) is 10.9. The van der Waals surface area contributed by atoms with E-state index in [0.29, 0.717) is 28.2 Å². The maximum absolute atomic E-state index is 12.4. The minimum absolute atomic E-state index is 0.110. The lowest BCUT2D eigenvalue weighted by molar-refractivity contribution is 0.0962. The van der Waals surface area contributed by atoms with Crippen molar-refractivity contribution in [3.05, 3.63) is 65.3 Å². The van der Waals surface area contributed by atoms with Crippen molar-refractivity contribution in [1.29, 1.82) is 0 Å². The summed E-state index contributed by atoms with van der Waals surface area (Å²) >= 11 is 5.98. The van der Waals surface area contributed by atoms with Crippen LogP contribution in [-0.4, -0.2) is 25.4 Å². The van der Waals surface area contributed by atoms with Gasteiger partial charge in [0.15, 0.2) is 0 Å². The van der Waals surface area contributed by atoms with E-state index in [1.165, 1.54) is 24.3 Å². The average Bonchev–Trinajstić information content (AvgIpc) is 2.71. The van der Waals surface area contributed by atoms with E-state index in [9.17, 15) is 13.2 Å². The number of pyridine rings is 1. The molecule has 0 aliphatic rings. The molecule has 0 fully saturated rings. The van der Waals surface area contributed by atoms with Gasteiger partial charge < -0.3 is 0 Å². The normalized spacial score (nSPS) is 12.5. The summed E-state index contributed by atoms with van der Waals surface area (Å²) in [6, 6.07) is 12.6. The third kappa shape index (κ3) is 5.03. The van der Waals surface area contributed by atoms with Gasteiger partial charge in [-0.1, -0.05) is 18.5 Å². The van der Waals surface area contributed by atoms with Crippen LogP contribution in [0.25, 0.3) is 10.9 Å². The zero-order valence-electron chi connectivity index (χ0n) is 15.9. The molecule has 1 heterocycles. The number of hydrazine groups is 1. The van der Waals surface area contributed by atoms with E-state index < -0.39 is 15.9 Å². The molecular formula is C20H21ClN4O3S. The van der Waals surface area contributed by atoms with Crippen molar-refractivity contribution < 1.29 is 13.2 Å². The Labute approximate surface area is 174 Å². The third-order valence-electron chi connectivity index (χ3n) is 4.41. The van der Waals surface area contributed by atoms with Crippen LogP contribution in [0.2, 0.25) is 5.02 Å². The van der Waals surface area contributed by atoms with Gasteiger partial charge in [0, 0.05) is 28.2 Å². The van der Waals surface area contributed by atoms with Crippen molar-refractivity contribution in [2.24, 2.45) is 0 Å². The van der Waals surface area contributed by atoms with Crippen LogP contribution >= 0.6 is 11.6 Å². The zero-order valence-corrected chi connectivity index (χ0v) is 17.5. The molecule has 0 radical (unpaired) electrons. The maximum Gasteiger partial charge on any atom is 0.269 e. The van der Waals surface area contributed by atoms with Crippen molar-refractivity contribution in [3.63, 3.8) is 0 Å². The average molecular weight is 433 g/mol. The molecule has 2 aromatic carbocycles. The molecule has 1 unspecified atom stereocenters. The number of hydrogen-bond acceptors (Lipinski definition) is 5. The summed E-state index contributed by atoms with van der Waals surface area (Å²) in [7, 11) is -3.61. The Morgan fingerprint density at radius 2 is 1.86 bits per heavy atom. The highest BCUT2D eigenvalue weighted by Gasteiger charge is 2.17. The lowest BCUT2D eigenvalue weighted by Crippen LogP contribution is -2.32. The van der Waals surface area contributed by atoms with Gasteiger partial charge in [0.1, 0.15) is 0 Å². The number of carbonyl (C=O) groups is 1. The van der Waals surface area contributed by atoms with Gasteiger partial charge in [-0.3, -0.25) is 20.6 Å². The van der Waals surface area contributed by atoms with Crippen LogP contribution < -0.4 is 15.6 Å². The summed E-state index contributed by atoms with van der Waals surface area (Å²) < 4.78 is 27.2. The van der Waals surface area contributed by atoms with Crippen molar-refractivity contribution >= 4 is 44.1 Å². The summed E-state index contributed by atoms with van der Waals surface area (Å²) in [6.45, 7) is 3.69. The number of halogens is 1. The first-order chi connectivity index (χ1) is 13.8. The number of carbonyl (C=O) groups excluding carboxylic acids is 1. The molecule has 1 atom stereocenters. The standard InChI is InChI=1S/C20H21ClN4O3S/c1-3-13(2)25-29(27,28)16-7-4-14(5-8-16)20(26)24-23-18-10-11-22-19-12-15(21)6-9-17(18)19/h4-13,25H,3H2,1-2H3,(H,22,23)(H,24,26). The summed E-state index contributed by atoms with van der Waals surface area (Å²) in [5.74, 6) is -0.400. The highest BCUT2D eigenvalue weighted by atomic mass is 35.5. The summed E-state index contributed by atoms with van der Waals surface area (Å²) in [4.78, 5) is 16.8. The Kier molecular flexibility index (Phi) is 6.36. The first kappa shape index (κ1) is 21.0. The number of sulfonamides is 1. The molecule has 0 spiro atoms. The number of hydrogen-bond donors (Lipinski definition) is 3. The fourth-order valence-corrected chi connectivity index (χ4v) is 4.12. The molecule has 0 bridgehead atoms. The fraction of sp³-hybridized carbons (Fsp3) is 0.200. The number of amides is 1. The monoisotopic (exact) mass is 432 g/mol. The number of nitrogens with zero attached hydrogens (tertiary/aromatic N) is 1. The Morgan fingerprint density at radius 1 is 1.14 bits per heavy atom. The SMILES string of the molecule is CCC(C)NS(=O)(=O)c1ccc(C(=O)NNc2ccnc3cc(Cl)ccc23)cc1. The van der Waals surface area contributed by atoms with Crippen LogP contribution in [-0.2, 0) is 10.0 Å². The Bertz CT molecular complexity index is 1130. The Morgan fingerprint density at radius 3 is 2.55 bits per heavy atom. The molecule has 0 aliphatic carbocycles. The van der Waals surface area contributed by atoms with Gasteiger partial charge in [0.05, 0.1) is 16.1 Å². The van der Waals surface area contributed by atoms with Gasteiger partial charge in [0.25, 0.3) is 5.91 Å². The molecule has 7 nitrogen and oxygen atoms in total. The summed E-state index contributed by atoms with van der Waals surface area (Å²) in [6.07, 6.45) is 2.29. The smallest absolute Gasteiger partial charge is 0.269 e. The third-order valence-corrected chi connectivity index (χ3v) is 6.25. The first-order valence-electron chi connectivity index (χ1n) is 9.03. The maximum atomic E-state index is 12.4. The van der Waals surface area contributed by atoms with Crippen molar-refractivity contribution in [2.45, 2.75) is 31.2 Å². The van der Waals surface area contributed by atoms with Gasteiger partial charge in [-0.25, -0.2) is 13.1 Å². The van der Waals surface area contributed by atoms with E-state index in [1.54, 1.807) is 31.3 Å². The molecule has 3 N–H and O–H groups in total. The molecule has 0 aliphatic heterocycles. The van der Waals surface area contributed by atoms with Gasteiger partial charge in [-0.15, -0.1) is 0 Å². The summed E-state index contributed by atoms with van der Waals surface area (Å²) in [5.41, 5.74) is 7.16. The predicted octanol–water partition coefficient (Wildman–Crippen LogP) is 3.72. The zero-order chi connectivity index (χ0) is 21.0. The highest BCUT2D eigenvalue weighted by Crippen LogP contribution is 2.23. The van der Waals surface area contributed by atoms with Crippen molar-refractivity contribution in [2.75, 3.05) is 5.43 Å². The van der Waals surface area contributed by atoms with Crippen LogP contribution in [0.1, 0.15) is 30.6 Å². The van der Waals surface area contributed by atoms with Gasteiger partial charge in [-0.2, -0.15) is 0 Å². The van der Waals surface area contributed by atoms with Crippen LogP contribution in [0.5, 0.6) is 0 Å². The highest BCUT2D eigenvalue weighted by molar-refractivity contribution is 7.89. The van der Waals surface area contributed by atoms with E-state index >= 15 is 0 Å². The molecule has 1 amide bonds. The van der Waals surface area contributed by atoms with Gasteiger partial charge in [0.2, 0.25) is 10.0 Å². The number of benzene rings is 2. The minimum Gasteiger partial charge on any atom is -0.298 e. The number of fused-ring (bicyclic) bond motifs is 1. The van der Waals surface area contributed by atoms with Crippen molar-refractivity contribution in [3.8, 4) is 0 Å². The number of nitrogens with one attached hydrogen (secondary N) is 3. The van der Waals surface area contributed by atoms with Crippen LogP contribution in [0.15, 0.2) is 59.6 Å². The molecular weight excluding hydrogens is 412 g/mol. The topological polar surface area (TPSA) is 100 Å². The Hall–Kier alpha value is -2.68. The molecule has 0 saturated heterocycles. The second kappa shape index (κ2) is 8.77. The van der Waals surface area contributed by atoms with Crippen molar-refractivity contribution in [1.82, 2.24) is 15.1 Å². The summed E-state index contributed by atoms with van der Waals surface area (Å²) in [5, 5.41) is 1.37. The van der Waals surface area contributed by atoms with E-state index in [1.807, 2.05) is 13.0 Å². The molecule has 152 valence electrons. The van der Waals surface area contributed by atoms with Crippen LogP contribution in [0.4, 0.5) is 5.69 Å². The fourth-order valence-electron chi connectivity index (χ4n) is 2.63. The molecule has 1 aromatic heterocycles. The number of aromatic nitrogens is 1. The van der Waals surface area contributed by atoms with Crippen LogP contribution in [0.3, 0.4) is 0 Å². The molecule has 29 heavy (non-hydrogen) atoms. The number of anilines is 1. The quantitative estimate of drug-likeness (QED) is 0.494. The molecule has 9 heteroatoms. The second-order valence-electron chi connectivity index (χ2n) is 6.55. The number of rotatable bonds is 7. The van der Waals surface area contributed by atoms with E-state index in [0.717, 1.165) is 5.39 Å². The largest absolute Gasteiger partial charge is 0.298 e. The second-order valence-corrected chi connectivity index (χ2v) is 8.70. The predicted molar refractivity (Wildman–Crippen MR) is 114 cm³/mol. The van der Waals surface area contributed by atoms with Gasteiger partial charge in [-0.05, 0) is 61.9 Å². The lowest BCUT2D eigenvalue weighted by Gasteiger charge is -2.13. The molecule has 3 rings (SSSR count).